The lowest BCUT2D eigenvalue weighted by atomic mass is 10.1. The number of nitrogens with one attached hydrogen (secondary N) is 1. The first-order valence-electron chi connectivity index (χ1n) is 5.70. The highest BCUT2D eigenvalue weighted by atomic mass is 16.5. The van der Waals surface area contributed by atoms with Gasteiger partial charge < -0.3 is 20.5 Å². The van der Waals surface area contributed by atoms with Crippen LogP contribution in [0.4, 0.5) is 0 Å². The molecule has 6 nitrogen and oxygen atoms in total. The highest BCUT2D eigenvalue weighted by molar-refractivity contribution is 5.86. The van der Waals surface area contributed by atoms with Gasteiger partial charge in [0.15, 0.2) is 0 Å². The Morgan fingerprint density at radius 1 is 1.44 bits per heavy atom. The molecule has 0 bridgehead atoms. The average molecular weight is 256 g/mol. The fourth-order valence-electron chi connectivity index (χ4n) is 1.24. The fourth-order valence-corrected chi connectivity index (χ4v) is 1.24. The number of ether oxygens (including phenoxy) is 2. The summed E-state index contributed by atoms with van der Waals surface area (Å²) in [6, 6.07) is -0.697. The Kier molecular flexibility index (Phi) is 9.64. The summed E-state index contributed by atoms with van der Waals surface area (Å²) >= 11 is 0. The number of carbonyl (C=O) groups excluding carboxylic acids is 2. The van der Waals surface area contributed by atoms with Crippen molar-refractivity contribution in [1.29, 1.82) is 0 Å². The summed E-state index contributed by atoms with van der Waals surface area (Å²) in [6.45, 7) is 0.610. The van der Waals surface area contributed by atoms with E-state index in [-0.39, 0.29) is 12.5 Å². The zero-order valence-corrected chi connectivity index (χ0v) is 10.6. The van der Waals surface area contributed by atoms with Crippen LogP contribution in [-0.2, 0) is 19.1 Å². The Morgan fingerprint density at radius 3 is 2.72 bits per heavy atom. The van der Waals surface area contributed by atoms with E-state index in [4.69, 9.17) is 21.6 Å². The van der Waals surface area contributed by atoms with Crippen molar-refractivity contribution in [2.75, 3.05) is 26.9 Å². The van der Waals surface area contributed by atoms with Crippen LogP contribution in [0, 0.1) is 12.3 Å². The van der Waals surface area contributed by atoms with Gasteiger partial charge in [0, 0.05) is 13.5 Å². The molecule has 0 saturated heterocycles. The Hall–Kier alpha value is -1.58. The van der Waals surface area contributed by atoms with Gasteiger partial charge in [-0.1, -0.05) is 0 Å². The van der Waals surface area contributed by atoms with Crippen LogP contribution in [0.3, 0.4) is 0 Å². The summed E-state index contributed by atoms with van der Waals surface area (Å²) in [5, 5.41) is 2.50. The molecule has 0 radical (unpaired) electrons. The third-order valence-electron chi connectivity index (χ3n) is 2.16. The Bertz CT molecular complexity index is 299. The number of hydrogen-bond donors (Lipinski definition) is 2. The molecule has 1 atom stereocenters. The molecule has 102 valence electrons. The van der Waals surface area contributed by atoms with Crippen LogP contribution in [0.15, 0.2) is 0 Å². The van der Waals surface area contributed by atoms with Crippen molar-refractivity contribution in [2.45, 2.75) is 25.3 Å². The molecule has 0 aromatic heterocycles. The quantitative estimate of drug-likeness (QED) is 0.404. The highest BCUT2D eigenvalue weighted by Gasteiger charge is 2.17. The number of terminal acetylenes is 1. The molecule has 6 heteroatoms. The molecule has 18 heavy (non-hydrogen) atoms. The van der Waals surface area contributed by atoms with Gasteiger partial charge >= 0.3 is 0 Å². The molecular weight excluding hydrogens is 236 g/mol. The van der Waals surface area contributed by atoms with Crippen LogP contribution in [0.5, 0.6) is 0 Å². The van der Waals surface area contributed by atoms with Gasteiger partial charge in [-0.2, -0.15) is 0 Å². The molecular formula is C12H20N2O4. The maximum Gasteiger partial charge on any atom is 0.246 e. The number of unbranched alkanes of at least 4 members (excludes halogenated alkanes) is 1. The minimum Gasteiger partial charge on any atom is -0.382 e. The molecule has 2 amide bonds. The largest absolute Gasteiger partial charge is 0.382 e. The second kappa shape index (κ2) is 10.6. The predicted octanol–water partition coefficient (Wildman–Crippen LogP) is -0.577. The maximum absolute atomic E-state index is 11.4. The van der Waals surface area contributed by atoms with Gasteiger partial charge in [-0.25, -0.2) is 0 Å². The van der Waals surface area contributed by atoms with Crippen molar-refractivity contribution in [1.82, 2.24) is 5.32 Å². The number of hydrogen-bond acceptors (Lipinski definition) is 4. The molecule has 0 fully saturated rings. The zero-order valence-electron chi connectivity index (χ0n) is 10.6. The minimum atomic E-state index is -0.697. The number of methoxy groups -OCH3 is 1. The molecule has 0 aliphatic carbocycles. The Morgan fingerprint density at radius 2 is 2.17 bits per heavy atom. The third kappa shape index (κ3) is 8.56. The summed E-state index contributed by atoms with van der Waals surface area (Å²) in [4.78, 5) is 22.5. The molecule has 0 aliphatic heterocycles. The van der Waals surface area contributed by atoms with Crippen LogP contribution in [0.25, 0.3) is 0 Å². The van der Waals surface area contributed by atoms with Gasteiger partial charge in [0.1, 0.15) is 12.6 Å². The number of rotatable bonds is 10. The molecule has 0 rings (SSSR count). The van der Waals surface area contributed by atoms with Gasteiger partial charge in [0.05, 0.1) is 13.2 Å². The lowest BCUT2D eigenvalue weighted by Crippen LogP contribution is -2.45. The van der Waals surface area contributed by atoms with Gasteiger partial charge in [-0.05, 0) is 12.8 Å². The van der Waals surface area contributed by atoms with Crippen LogP contribution in [0.1, 0.15) is 19.3 Å². The van der Waals surface area contributed by atoms with E-state index in [1.165, 1.54) is 7.11 Å². The first kappa shape index (κ1) is 16.4. The summed E-state index contributed by atoms with van der Waals surface area (Å²) in [5.41, 5.74) is 5.18. The standard InChI is InChI=1S/C12H20N2O4/c1-3-4-5-6-10(12(13)16)14-11(15)9-18-8-7-17-2/h1,10H,4-9H2,2H3,(H2,13,16)(H,14,15)/t10-/m1/s1. The monoisotopic (exact) mass is 256 g/mol. The van der Waals surface area contributed by atoms with Crippen molar-refractivity contribution in [2.24, 2.45) is 5.73 Å². The molecule has 0 aliphatic rings. The summed E-state index contributed by atoms with van der Waals surface area (Å²) < 4.78 is 9.78. The Labute approximate surface area is 107 Å². The summed E-state index contributed by atoms with van der Waals surface area (Å²) in [5.74, 6) is 1.51. The Balaban J connectivity index is 3.89. The van der Waals surface area contributed by atoms with E-state index in [2.05, 4.69) is 11.2 Å². The predicted molar refractivity (Wildman–Crippen MR) is 66.5 cm³/mol. The number of nitrogens with two attached hydrogens (primary N) is 1. The van der Waals surface area contributed by atoms with Gasteiger partial charge in [0.25, 0.3) is 0 Å². The molecule has 0 saturated carbocycles. The summed E-state index contributed by atoms with van der Waals surface area (Å²) in [7, 11) is 1.54. The van der Waals surface area contributed by atoms with Crippen molar-refractivity contribution in [3.8, 4) is 12.3 Å². The van der Waals surface area contributed by atoms with E-state index in [0.29, 0.717) is 32.5 Å². The van der Waals surface area contributed by atoms with Gasteiger partial charge in [-0.15, -0.1) is 12.3 Å². The smallest absolute Gasteiger partial charge is 0.246 e. The van der Waals surface area contributed by atoms with E-state index >= 15 is 0 Å². The number of amides is 2. The molecule has 0 aromatic rings. The van der Waals surface area contributed by atoms with Crippen molar-refractivity contribution in [3.63, 3.8) is 0 Å². The van der Waals surface area contributed by atoms with Crippen molar-refractivity contribution >= 4 is 11.8 Å². The average Bonchev–Trinajstić information content (AvgIpc) is 2.33. The van der Waals surface area contributed by atoms with E-state index < -0.39 is 11.9 Å². The van der Waals surface area contributed by atoms with E-state index in [1.807, 2.05) is 0 Å². The lowest BCUT2D eigenvalue weighted by molar-refractivity contribution is -0.130. The normalized spacial score (nSPS) is 11.6. The molecule has 0 spiro atoms. The molecule has 3 N–H and O–H groups in total. The third-order valence-corrected chi connectivity index (χ3v) is 2.16. The number of primary amides is 1. The SMILES string of the molecule is C#CCCC[C@@H](NC(=O)COCCOC)C(N)=O. The van der Waals surface area contributed by atoms with Crippen LogP contribution < -0.4 is 11.1 Å². The topological polar surface area (TPSA) is 90.7 Å². The van der Waals surface area contributed by atoms with E-state index in [9.17, 15) is 9.59 Å². The van der Waals surface area contributed by atoms with Crippen LogP contribution >= 0.6 is 0 Å². The van der Waals surface area contributed by atoms with E-state index in [1.54, 1.807) is 0 Å². The second-order valence-corrected chi connectivity index (χ2v) is 3.66. The molecule has 0 unspecified atom stereocenters. The van der Waals surface area contributed by atoms with Gasteiger partial charge in [0.2, 0.25) is 11.8 Å². The van der Waals surface area contributed by atoms with Gasteiger partial charge in [-0.3, -0.25) is 9.59 Å². The maximum atomic E-state index is 11.4. The molecule has 0 heterocycles. The lowest BCUT2D eigenvalue weighted by Gasteiger charge is -2.14. The number of carbonyl (C=O) groups is 2. The summed E-state index contributed by atoms with van der Waals surface area (Å²) in [6.07, 6.45) is 6.71. The zero-order chi connectivity index (χ0) is 13.8. The van der Waals surface area contributed by atoms with Crippen molar-refractivity contribution < 1.29 is 19.1 Å². The first-order chi connectivity index (χ1) is 8.61. The van der Waals surface area contributed by atoms with E-state index in [0.717, 1.165) is 0 Å². The molecule has 0 aromatic carbocycles. The van der Waals surface area contributed by atoms with Crippen LogP contribution in [-0.4, -0.2) is 44.8 Å². The second-order valence-electron chi connectivity index (χ2n) is 3.66. The minimum absolute atomic E-state index is 0.123. The fraction of sp³-hybridized carbons (Fsp3) is 0.667. The highest BCUT2D eigenvalue weighted by Crippen LogP contribution is 2.00. The first-order valence-corrected chi connectivity index (χ1v) is 5.70. The van der Waals surface area contributed by atoms with Crippen LogP contribution in [0.2, 0.25) is 0 Å². The van der Waals surface area contributed by atoms with Crippen molar-refractivity contribution in [3.05, 3.63) is 0 Å².